The van der Waals surface area contributed by atoms with Crippen LogP contribution in [0.15, 0.2) is 46.2 Å². The number of carbonyl (C=O) groups is 2. The zero-order valence-electron chi connectivity index (χ0n) is 12.7. The number of nitrogen functional groups attached to an aromatic ring is 2. The Balaban J connectivity index is 2.64. The van der Waals surface area contributed by atoms with Crippen molar-refractivity contribution < 1.29 is 18.0 Å². The summed E-state index contributed by atoms with van der Waals surface area (Å²) in [5.41, 5.74) is 12.0. The van der Waals surface area contributed by atoms with Crippen LogP contribution in [0.4, 0.5) is 11.4 Å². The Labute approximate surface area is 134 Å². The summed E-state index contributed by atoms with van der Waals surface area (Å²) in [6.45, 7) is 2.61. The van der Waals surface area contributed by atoms with E-state index in [4.69, 9.17) is 11.5 Å². The average Bonchev–Trinajstić information content (AvgIpc) is 2.47. The van der Waals surface area contributed by atoms with E-state index in [1.165, 1.54) is 50.2 Å². The highest BCUT2D eigenvalue weighted by Gasteiger charge is 2.21. The van der Waals surface area contributed by atoms with E-state index in [9.17, 15) is 18.0 Å². The second kappa shape index (κ2) is 5.85. The highest BCUT2D eigenvalue weighted by Crippen LogP contribution is 2.27. The lowest BCUT2D eigenvalue weighted by atomic mass is 10.1. The van der Waals surface area contributed by atoms with E-state index < -0.39 is 9.84 Å². The lowest BCUT2D eigenvalue weighted by Crippen LogP contribution is -2.08. The molecule has 0 aliphatic heterocycles. The predicted octanol–water partition coefficient (Wildman–Crippen LogP) is 2.09. The molecule has 4 N–H and O–H groups in total. The van der Waals surface area contributed by atoms with Gasteiger partial charge in [-0.2, -0.15) is 0 Å². The van der Waals surface area contributed by atoms with E-state index in [0.717, 1.165) is 0 Å². The van der Waals surface area contributed by atoms with Gasteiger partial charge in [-0.25, -0.2) is 8.42 Å². The second-order valence-corrected chi connectivity index (χ2v) is 7.06. The number of nitrogens with two attached hydrogens (primary N) is 2. The van der Waals surface area contributed by atoms with Crippen molar-refractivity contribution >= 4 is 32.8 Å². The maximum atomic E-state index is 12.7. The fourth-order valence-corrected chi connectivity index (χ4v) is 3.46. The lowest BCUT2D eigenvalue weighted by Gasteiger charge is -2.10. The van der Waals surface area contributed by atoms with Gasteiger partial charge in [0.15, 0.2) is 11.6 Å². The lowest BCUT2D eigenvalue weighted by molar-refractivity contribution is 0.101. The molecule has 0 heterocycles. The van der Waals surface area contributed by atoms with E-state index in [2.05, 4.69) is 0 Å². The molecule has 7 heteroatoms. The molecule has 23 heavy (non-hydrogen) atoms. The minimum atomic E-state index is -3.90. The molecule has 0 spiro atoms. The molecule has 0 aliphatic rings. The van der Waals surface area contributed by atoms with Gasteiger partial charge in [-0.05, 0) is 50.2 Å². The van der Waals surface area contributed by atoms with E-state index in [1.54, 1.807) is 0 Å². The topological polar surface area (TPSA) is 120 Å². The summed E-state index contributed by atoms with van der Waals surface area (Å²) in [5.74, 6) is -0.664. The Bertz CT molecular complexity index is 848. The SMILES string of the molecule is CC(=O)c1cc(S(=O)(=O)c2ccc(N)c(C(C)=O)c2)ccc1N. The van der Waals surface area contributed by atoms with Crippen molar-refractivity contribution in [3.63, 3.8) is 0 Å². The number of ketones is 2. The average molecular weight is 332 g/mol. The fraction of sp³-hybridized carbons (Fsp3) is 0.125. The van der Waals surface area contributed by atoms with Crippen molar-refractivity contribution in [1.82, 2.24) is 0 Å². The molecule has 0 atom stereocenters. The maximum absolute atomic E-state index is 12.7. The number of carbonyl (C=O) groups excluding carboxylic acids is 2. The second-order valence-electron chi connectivity index (χ2n) is 5.11. The Hall–Kier alpha value is -2.67. The van der Waals surface area contributed by atoms with Gasteiger partial charge < -0.3 is 11.5 Å². The zero-order valence-corrected chi connectivity index (χ0v) is 13.5. The van der Waals surface area contributed by atoms with E-state index in [1.807, 2.05) is 0 Å². The molecule has 0 aliphatic carbocycles. The monoisotopic (exact) mass is 332 g/mol. The fourth-order valence-electron chi connectivity index (χ4n) is 2.15. The quantitative estimate of drug-likeness (QED) is 0.653. The van der Waals surface area contributed by atoms with Gasteiger partial charge in [-0.1, -0.05) is 0 Å². The number of anilines is 2. The van der Waals surface area contributed by atoms with E-state index in [-0.39, 0.29) is 43.9 Å². The molecule has 0 amide bonds. The standard InChI is InChI=1S/C16H16N2O4S/c1-9(19)13-7-11(3-5-15(13)17)23(21,22)12-4-6-16(18)14(8-12)10(2)20/h3-8H,17-18H2,1-2H3. The Kier molecular flexibility index (Phi) is 4.24. The summed E-state index contributed by atoms with van der Waals surface area (Å²) in [4.78, 5) is 22.9. The smallest absolute Gasteiger partial charge is 0.206 e. The molecule has 0 saturated heterocycles. The van der Waals surface area contributed by atoms with Crippen molar-refractivity contribution in [3.05, 3.63) is 47.5 Å². The van der Waals surface area contributed by atoms with Gasteiger partial charge in [0.2, 0.25) is 9.84 Å². The number of hydrogen-bond acceptors (Lipinski definition) is 6. The third-order valence-corrected chi connectivity index (χ3v) is 5.18. The van der Waals surface area contributed by atoms with Crippen molar-refractivity contribution in [2.24, 2.45) is 0 Å². The van der Waals surface area contributed by atoms with Crippen molar-refractivity contribution in [2.75, 3.05) is 11.5 Å². The normalized spacial score (nSPS) is 11.2. The van der Waals surface area contributed by atoms with Gasteiger partial charge >= 0.3 is 0 Å². The van der Waals surface area contributed by atoms with E-state index >= 15 is 0 Å². The number of sulfone groups is 1. The number of Topliss-reactive ketones (excluding diaryl/α,β-unsaturated/α-hetero) is 2. The van der Waals surface area contributed by atoms with Crippen LogP contribution in [0.25, 0.3) is 0 Å². The Morgan fingerprint density at radius 2 is 1.13 bits per heavy atom. The van der Waals surface area contributed by atoms with E-state index in [0.29, 0.717) is 0 Å². The molecule has 2 aromatic carbocycles. The molecule has 0 saturated carbocycles. The van der Waals surface area contributed by atoms with Crippen LogP contribution in [0.1, 0.15) is 34.6 Å². The number of benzene rings is 2. The first kappa shape index (κ1) is 16.7. The van der Waals surface area contributed by atoms with Gasteiger partial charge in [-0.15, -0.1) is 0 Å². The van der Waals surface area contributed by atoms with Crippen LogP contribution in [0.3, 0.4) is 0 Å². The summed E-state index contributed by atoms with van der Waals surface area (Å²) < 4.78 is 25.4. The molecular formula is C16H16N2O4S. The number of rotatable bonds is 4. The van der Waals surface area contributed by atoms with Crippen LogP contribution < -0.4 is 11.5 Å². The van der Waals surface area contributed by atoms with Crippen LogP contribution in [-0.4, -0.2) is 20.0 Å². The molecule has 0 bridgehead atoms. The molecule has 0 fully saturated rings. The Morgan fingerprint density at radius 1 is 0.783 bits per heavy atom. The molecule has 0 radical (unpaired) electrons. The Morgan fingerprint density at radius 3 is 1.43 bits per heavy atom. The maximum Gasteiger partial charge on any atom is 0.206 e. The van der Waals surface area contributed by atoms with Gasteiger partial charge in [-0.3, -0.25) is 9.59 Å². The molecule has 6 nitrogen and oxygen atoms in total. The minimum absolute atomic E-state index is 0.0730. The highest BCUT2D eigenvalue weighted by molar-refractivity contribution is 7.91. The largest absolute Gasteiger partial charge is 0.398 e. The molecule has 2 rings (SSSR count). The molecular weight excluding hydrogens is 316 g/mol. The zero-order chi connectivity index (χ0) is 17.4. The van der Waals surface area contributed by atoms with Crippen molar-refractivity contribution in [1.29, 1.82) is 0 Å². The van der Waals surface area contributed by atoms with Gasteiger partial charge in [0.05, 0.1) is 9.79 Å². The predicted molar refractivity (Wildman–Crippen MR) is 87.2 cm³/mol. The first-order valence-corrected chi connectivity index (χ1v) is 8.19. The van der Waals surface area contributed by atoms with Gasteiger partial charge in [0.25, 0.3) is 0 Å². The minimum Gasteiger partial charge on any atom is -0.398 e. The third kappa shape index (κ3) is 3.09. The van der Waals surface area contributed by atoms with Gasteiger partial charge in [0, 0.05) is 22.5 Å². The van der Waals surface area contributed by atoms with Crippen LogP contribution >= 0.6 is 0 Å². The summed E-state index contributed by atoms with van der Waals surface area (Å²) in [7, 11) is -3.90. The van der Waals surface area contributed by atoms with Crippen molar-refractivity contribution in [2.45, 2.75) is 23.6 Å². The summed E-state index contributed by atoms with van der Waals surface area (Å²) in [6.07, 6.45) is 0. The first-order valence-electron chi connectivity index (χ1n) is 6.70. The number of hydrogen-bond donors (Lipinski definition) is 2. The third-order valence-electron chi connectivity index (χ3n) is 3.43. The summed E-state index contributed by atoms with van der Waals surface area (Å²) in [6, 6.07) is 7.84. The molecule has 120 valence electrons. The van der Waals surface area contributed by atoms with Crippen LogP contribution in [0, 0.1) is 0 Å². The molecule has 0 unspecified atom stereocenters. The van der Waals surface area contributed by atoms with Gasteiger partial charge in [0.1, 0.15) is 0 Å². The van der Waals surface area contributed by atoms with Crippen LogP contribution in [0.2, 0.25) is 0 Å². The van der Waals surface area contributed by atoms with Crippen LogP contribution in [-0.2, 0) is 9.84 Å². The summed E-state index contributed by atoms with van der Waals surface area (Å²) in [5, 5.41) is 0. The molecule has 2 aromatic rings. The molecule has 0 aromatic heterocycles. The van der Waals surface area contributed by atoms with Crippen LogP contribution in [0.5, 0.6) is 0 Å². The first-order chi connectivity index (χ1) is 10.6. The highest BCUT2D eigenvalue weighted by atomic mass is 32.2. The van der Waals surface area contributed by atoms with Crippen molar-refractivity contribution in [3.8, 4) is 0 Å². The summed E-state index contributed by atoms with van der Waals surface area (Å²) >= 11 is 0.